The van der Waals surface area contributed by atoms with Gasteiger partial charge >= 0.3 is 7.60 Å². The predicted molar refractivity (Wildman–Crippen MR) is 68.6 cm³/mol. The molecule has 2 rings (SSSR count). The van der Waals surface area contributed by atoms with Crippen LogP contribution in [-0.2, 0) is 4.57 Å². The smallest absolute Gasteiger partial charge is 0.373 e. The monoisotopic (exact) mass is 254 g/mol. The Balaban J connectivity index is 2.23. The van der Waals surface area contributed by atoms with Gasteiger partial charge in [-0.15, -0.1) is 0 Å². The minimum Gasteiger partial charge on any atom is -0.424 e. The Morgan fingerprint density at radius 1 is 1.24 bits per heavy atom. The van der Waals surface area contributed by atoms with Crippen LogP contribution >= 0.6 is 7.60 Å². The summed E-state index contributed by atoms with van der Waals surface area (Å²) >= 11 is 0. The van der Waals surface area contributed by atoms with Crippen LogP contribution < -0.4 is 4.52 Å². The molecule has 1 aromatic carbocycles. The van der Waals surface area contributed by atoms with E-state index in [9.17, 15) is 9.46 Å². The maximum Gasteiger partial charge on any atom is 0.373 e. The highest BCUT2D eigenvalue weighted by atomic mass is 31.2. The summed E-state index contributed by atoms with van der Waals surface area (Å²) in [5, 5.41) is 0. The Labute approximate surface area is 102 Å². The zero-order chi connectivity index (χ0) is 12.3. The van der Waals surface area contributed by atoms with Crippen molar-refractivity contribution >= 4 is 7.60 Å². The van der Waals surface area contributed by atoms with E-state index in [2.05, 4.69) is 0 Å². The van der Waals surface area contributed by atoms with Crippen LogP contribution in [0.1, 0.15) is 43.6 Å². The van der Waals surface area contributed by atoms with E-state index in [1.165, 1.54) is 25.9 Å². The largest absolute Gasteiger partial charge is 0.424 e. The minimum atomic E-state index is -3.47. The Bertz CT molecular complexity index is 418. The van der Waals surface area contributed by atoms with Gasteiger partial charge in [-0.25, -0.2) is 4.57 Å². The molecule has 1 aliphatic carbocycles. The second kappa shape index (κ2) is 5.24. The molecule has 1 atom stereocenters. The van der Waals surface area contributed by atoms with Gasteiger partial charge in [-0.3, -0.25) is 0 Å². The summed E-state index contributed by atoms with van der Waals surface area (Å²) in [5.41, 5.74) is 1.09. The molecule has 0 aromatic heterocycles. The van der Waals surface area contributed by atoms with Crippen molar-refractivity contribution in [1.82, 2.24) is 0 Å². The number of rotatable bonds is 3. The van der Waals surface area contributed by atoms with Gasteiger partial charge in [0.15, 0.2) is 0 Å². The van der Waals surface area contributed by atoms with Crippen LogP contribution in [0.25, 0.3) is 0 Å². The van der Waals surface area contributed by atoms with Gasteiger partial charge in [0.05, 0.1) is 0 Å². The molecule has 1 unspecified atom stereocenters. The molecule has 0 heterocycles. The molecule has 1 N–H and O–H groups in total. The van der Waals surface area contributed by atoms with E-state index in [1.807, 2.05) is 18.2 Å². The van der Waals surface area contributed by atoms with E-state index in [4.69, 9.17) is 4.52 Å². The third-order valence-electron chi connectivity index (χ3n) is 3.23. The molecule has 0 spiro atoms. The zero-order valence-corrected chi connectivity index (χ0v) is 11.0. The fourth-order valence-electron chi connectivity index (χ4n) is 2.50. The van der Waals surface area contributed by atoms with Gasteiger partial charge in [0, 0.05) is 6.66 Å². The summed E-state index contributed by atoms with van der Waals surface area (Å²) in [7, 11) is -3.47. The van der Waals surface area contributed by atoms with Crippen molar-refractivity contribution in [2.24, 2.45) is 0 Å². The quantitative estimate of drug-likeness (QED) is 0.831. The number of para-hydroxylation sites is 1. The van der Waals surface area contributed by atoms with Crippen LogP contribution in [0.15, 0.2) is 24.3 Å². The van der Waals surface area contributed by atoms with E-state index < -0.39 is 7.60 Å². The molecule has 1 aromatic rings. The summed E-state index contributed by atoms with van der Waals surface area (Å²) in [6, 6.07) is 7.61. The maximum absolute atomic E-state index is 11.4. The summed E-state index contributed by atoms with van der Waals surface area (Å²) in [6.07, 6.45) is 6.08. The Morgan fingerprint density at radius 3 is 2.53 bits per heavy atom. The fraction of sp³-hybridized carbons (Fsp3) is 0.538. The lowest BCUT2D eigenvalue weighted by Gasteiger charge is -2.24. The molecule has 1 aliphatic rings. The first kappa shape index (κ1) is 12.7. The summed E-state index contributed by atoms with van der Waals surface area (Å²) in [6.45, 7) is 1.23. The van der Waals surface area contributed by atoms with Crippen LogP contribution in [0.2, 0.25) is 0 Å². The molecule has 1 fully saturated rings. The molecule has 3 nitrogen and oxygen atoms in total. The lowest BCUT2D eigenvalue weighted by molar-refractivity contribution is 0.378. The van der Waals surface area contributed by atoms with E-state index in [0.717, 1.165) is 18.4 Å². The van der Waals surface area contributed by atoms with Crippen LogP contribution in [0.5, 0.6) is 5.75 Å². The third-order valence-corrected chi connectivity index (χ3v) is 3.77. The average Bonchev–Trinajstić information content (AvgIpc) is 2.29. The van der Waals surface area contributed by atoms with Crippen molar-refractivity contribution < 1.29 is 14.0 Å². The standard InChI is InChI=1S/C13H19O3P/c1-17(14,15)16-13-10-6-5-9-12(13)11-7-3-2-4-8-11/h5-6,9-11H,2-4,7-8H2,1H3,(H,14,15). The predicted octanol–water partition coefficient (Wildman–Crippen LogP) is 3.93. The van der Waals surface area contributed by atoms with Crippen molar-refractivity contribution in [3.05, 3.63) is 29.8 Å². The maximum atomic E-state index is 11.4. The molecule has 0 amide bonds. The molecule has 0 radical (unpaired) electrons. The lowest BCUT2D eigenvalue weighted by atomic mass is 9.84. The van der Waals surface area contributed by atoms with Crippen LogP contribution in [0.4, 0.5) is 0 Å². The summed E-state index contributed by atoms with van der Waals surface area (Å²) in [4.78, 5) is 9.33. The molecule has 0 aliphatic heterocycles. The van der Waals surface area contributed by atoms with Crippen molar-refractivity contribution in [2.75, 3.05) is 6.66 Å². The molecule has 0 saturated heterocycles. The van der Waals surface area contributed by atoms with Crippen molar-refractivity contribution in [3.8, 4) is 5.75 Å². The van der Waals surface area contributed by atoms with Gasteiger partial charge in [0.1, 0.15) is 5.75 Å². The minimum absolute atomic E-state index is 0.478. The first-order valence-electron chi connectivity index (χ1n) is 6.15. The number of hydrogen-bond donors (Lipinski definition) is 1. The summed E-state index contributed by atoms with van der Waals surface area (Å²) in [5.74, 6) is 1.05. The first-order valence-corrected chi connectivity index (χ1v) is 8.17. The SMILES string of the molecule is CP(=O)(O)Oc1ccccc1C1CCCCC1. The highest BCUT2D eigenvalue weighted by molar-refractivity contribution is 7.52. The Morgan fingerprint density at radius 2 is 1.88 bits per heavy atom. The molecular formula is C13H19O3P. The van der Waals surface area contributed by atoms with Crippen LogP contribution in [0.3, 0.4) is 0 Å². The van der Waals surface area contributed by atoms with Gasteiger partial charge in [0.2, 0.25) is 0 Å². The Kier molecular flexibility index (Phi) is 3.90. The van der Waals surface area contributed by atoms with Crippen LogP contribution in [0, 0.1) is 0 Å². The molecule has 4 heteroatoms. The number of benzene rings is 1. The first-order chi connectivity index (χ1) is 8.06. The van der Waals surface area contributed by atoms with Crippen LogP contribution in [-0.4, -0.2) is 11.6 Å². The third kappa shape index (κ3) is 3.58. The molecule has 17 heavy (non-hydrogen) atoms. The normalized spacial score (nSPS) is 20.8. The Hall–Kier alpha value is -0.790. The van der Waals surface area contributed by atoms with Gasteiger partial charge in [-0.05, 0) is 30.4 Å². The summed E-state index contributed by atoms with van der Waals surface area (Å²) < 4.78 is 16.5. The average molecular weight is 254 g/mol. The highest BCUT2D eigenvalue weighted by Crippen LogP contribution is 2.44. The van der Waals surface area contributed by atoms with E-state index in [1.54, 1.807) is 6.07 Å². The topological polar surface area (TPSA) is 46.5 Å². The molecule has 94 valence electrons. The van der Waals surface area contributed by atoms with Gasteiger partial charge in [-0.1, -0.05) is 37.5 Å². The van der Waals surface area contributed by atoms with Gasteiger partial charge < -0.3 is 9.42 Å². The van der Waals surface area contributed by atoms with E-state index >= 15 is 0 Å². The van der Waals surface area contributed by atoms with E-state index in [-0.39, 0.29) is 0 Å². The second-order valence-corrected chi connectivity index (χ2v) is 6.56. The van der Waals surface area contributed by atoms with E-state index in [0.29, 0.717) is 11.7 Å². The highest BCUT2D eigenvalue weighted by Gasteiger charge is 2.21. The van der Waals surface area contributed by atoms with Gasteiger partial charge in [0.25, 0.3) is 0 Å². The fourth-order valence-corrected chi connectivity index (χ4v) is 3.03. The van der Waals surface area contributed by atoms with Crippen molar-refractivity contribution in [1.29, 1.82) is 0 Å². The zero-order valence-electron chi connectivity index (χ0n) is 10.1. The van der Waals surface area contributed by atoms with Crippen molar-refractivity contribution in [2.45, 2.75) is 38.0 Å². The molecule has 1 saturated carbocycles. The second-order valence-electron chi connectivity index (χ2n) is 4.77. The van der Waals surface area contributed by atoms with Gasteiger partial charge in [-0.2, -0.15) is 0 Å². The lowest BCUT2D eigenvalue weighted by Crippen LogP contribution is -2.06. The molecular weight excluding hydrogens is 235 g/mol. The molecule has 0 bridgehead atoms. The number of hydrogen-bond acceptors (Lipinski definition) is 2. The van der Waals surface area contributed by atoms with Crippen molar-refractivity contribution in [3.63, 3.8) is 0 Å².